The van der Waals surface area contributed by atoms with Gasteiger partial charge in [-0.05, 0) is 31.0 Å². The van der Waals surface area contributed by atoms with Crippen molar-refractivity contribution in [3.05, 3.63) is 29.3 Å². The molecule has 2 rings (SSSR count). The summed E-state index contributed by atoms with van der Waals surface area (Å²) in [5.74, 6) is 0. The molecule has 0 atom stereocenters. The minimum absolute atomic E-state index is 0.269. The van der Waals surface area contributed by atoms with Gasteiger partial charge in [-0.2, -0.15) is 0 Å². The van der Waals surface area contributed by atoms with E-state index in [2.05, 4.69) is 6.07 Å². The number of thioether (sulfide) groups is 1. The van der Waals surface area contributed by atoms with E-state index in [1.165, 1.54) is 30.6 Å². The summed E-state index contributed by atoms with van der Waals surface area (Å²) in [6.45, 7) is 0.768. The lowest BCUT2D eigenvalue weighted by Crippen LogP contribution is -2.30. The molecule has 82 valence electrons. The number of benzene rings is 1. The minimum Gasteiger partial charge on any atom is -0.329 e. The molecule has 1 aromatic rings. The van der Waals surface area contributed by atoms with Gasteiger partial charge in [0.2, 0.25) is 0 Å². The van der Waals surface area contributed by atoms with E-state index in [1.54, 1.807) is 0 Å². The average molecular weight is 242 g/mol. The van der Waals surface area contributed by atoms with Gasteiger partial charge in [-0.15, -0.1) is 11.8 Å². The molecule has 1 aromatic carbocycles. The maximum absolute atomic E-state index is 5.97. The Hall–Kier alpha value is -0.180. The van der Waals surface area contributed by atoms with E-state index < -0.39 is 0 Å². The summed E-state index contributed by atoms with van der Waals surface area (Å²) in [4.78, 5) is 1.25. The third-order valence-electron chi connectivity index (χ3n) is 3.02. The van der Waals surface area contributed by atoms with Crippen molar-refractivity contribution < 1.29 is 0 Å². The van der Waals surface area contributed by atoms with Crippen LogP contribution >= 0.6 is 23.4 Å². The first kappa shape index (κ1) is 11.3. The van der Waals surface area contributed by atoms with E-state index in [0.29, 0.717) is 0 Å². The highest BCUT2D eigenvalue weighted by molar-refractivity contribution is 8.00. The van der Waals surface area contributed by atoms with E-state index in [4.69, 9.17) is 17.3 Å². The molecular formula is C12H16ClNS. The average Bonchev–Trinajstić information content (AvgIpc) is 2.67. The van der Waals surface area contributed by atoms with Crippen LogP contribution in [0.15, 0.2) is 29.2 Å². The van der Waals surface area contributed by atoms with Crippen molar-refractivity contribution in [1.29, 1.82) is 0 Å². The van der Waals surface area contributed by atoms with Crippen LogP contribution in [0.1, 0.15) is 25.7 Å². The molecule has 1 saturated carbocycles. The second-order valence-electron chi connectivity index (χ2n) is 4.15. The zero-order chi connectivity index (χ0) is 10.7. The lowest BCUT2D eigenvalue weighted by Gasteiger charge is -2.26. The molecule has 2 N–H and O–H groups in total. The predicted octanol–water partition coefficient (Wildman–Crippen LogP) is 3.70. The number of hydrogen-bond donors (Lipinski definition) is 1. The second kappa shape index (κ2) is 4.77. The molecule has 0 aliphatic heterocycles. The van der Waals surface area contributed by atoms with Gasteiger partial charge in [-0.1, -0.05) is 30.5 Å². The van der Waals surface area contributed by atoms with Crippen LogP contribution < -0.4 is 5.73 Å². The van der Waals surface area contributed by atoms with Gasteiger partial charge in [-0.3, -0.25) is 0 Å². The fraction of sp³-hybridized carbons (Fsp3) is 0.500. The molecule has 0 saturated heterocycles. The van der Waals surface area contributed by atoms with Crippen molar-refractivity contribution in [3.63, 3.8) is 0 Å². The van der Waals surface area contributed by atoms with E-state index in [9.17, 15) is 0 Å². The van der Waals surface area contributed by atoms with E-state index in [0.717, 1.165) is 11.6 Å². The Morgan fingerprint density at radius 3 is 2.67 bits per heavy atom. The standard InChI is InChI=1S/C12H16ClNS/c13-10-4-3-5-11(8-10)15-12(9-14)6-1-2-7-12/h3-5,8H,1-2,6-7,9,14H2. The summed E-state index contributed by atoms with van der Waals surface area (Å²) >= 11 is 7.88. The molecular weight excluding hydrogens is 226 g/mol. The van der Waals surface area contributed by atoms with Crippen LogP contribution in [0.5, 0.6) is 0 Å². The van der Waals surface area contributed by atoms with Crippen LogP contribution in [-0.4, -0.2) is 11.3 Å². The first-order chi connectivity index (χ1) is 7.24. The van der Waals surface area contributed by atoms with Gasteiger partial charge in [-0.25, -0.2) is 0 Å². The Kier molecular flexibility index (Phi) is 3.60. The van der Waals surface area contributed by atoms with Crippen LogP contribution in [0.25, 0.3) is 0 Å². The van der Waals surface area contributed by atoms with Gasteiger partial charge in [0.1, 0.15) is 0 Å². The molecule has 0 amide bonds. The minimum atomic E-state index is 0.269. The van der Waals surface area contributed by atoms with Crippen LogP contribution in [-0.2, 0) is 0 Å². The van der Waals surface area contributed by atoms with E-state index in [-0.39, 0.29) is 4.75 Å². The van der Waals surface area contributed by atoms with E-state index in [1.807, 2.05) is 30.0 Å². The fourth-order valence-corrected chi connectivity index (χ4v) is 3.81. The SMILES string of the molecule is NCC1(Sc2cccc(Cl)c2)CCCC1. The quantitative estimate of drug-likeness (QED) is 0.873. The number of hydrogen-bond acceptors (Lipinski definition) is 2. The number of rotatable bonds is 3. The van der Waals surface area contributed by atoms with Gasteiger partial charge in [0.15, 0.2) is 0 Å². The summed E-state index contributed by atoms with van der Waals surface area (Å²) in [5.41, 5.74) is 5.90. The highest BCUT2D eigenvalue weighted by Crippen LogP contribution is 2.44. The molecule has 0 spiro atoms. The van der Waals surface area contributed by atoms with Crippen LogP contribution in [0, 0.1) is 0 Å². The number of nitrogens with two attached hydrogens (primary N) is 1. The maximum atomic E-state index is 5.97. The summed E-state index contributed by atoms with van der Waals surface area (Å²) in [6.07, 6.45) is 5.09. The molecule has 3 heteroatoms. The third kappa shape index (κ3) is 2.68. The normalized spacial score (nSPS) is 19.3. The van der Waals surface area contributed by atoms with Crippen molar-refractivity contribution in [2.75, 3.05) is 6.54 Å². The monoisotopic (exact) mass is 241 g/mol. The van der Waals surface area contributed by atoms with Crippen molar-refractivity contribution >= 4 is 23.4 Å². The molecule has 0 unspecified atom stereocenters. The smallest absolute Gasteiger partial charge is 0.0417 e. The Balaban J connectivity index is 2.12. The molecule has 1 nitrogen and oxygen atoms in total. The Bertz CT molecular complexity index is 334. The molecule has 1 aliphatic carbocycles. The molecule has 0 aromatic heterocycles. The van der Waals surface area contributed by atoms with Gasteiger partial charge in [0.25, 0.3) is 0 Å². The van der Waals surface area contributed by atoms with Crippen molar-refractivity contribution in [3.8, 4) is 0 Å². The molecule has 0 heterocycles. The Labute approximate surface area is 100 Å². The Morgan fingerprint density at radius 1 is 1.33 bits per heavy atom. The van der Waals surface area contributed by atoms with Crippen LogP contribution in [0.3, 0.4) is 0 Å². The molecule has 0 bridgehead atoms. The lowest BCUT2D eigenvalue weighted by molar-refractivity contribution is 0.619. The third-order valence-corrected chi connectivity index (χ3v) is 4.75. The zero-order valence-corrected chi connectivity index (χ0v) is 10.3. The Morgan fingerprint density at radius 2 is 2.07 bits per heavy atom. The van der Waals surface area contributed by atoms with Gasteiger partial charge in [0, 0.05) is 21.2 Å². The highest BCUT2D eigenvalue weighted by atomic mass is 35.5. The summed E-state index contributed by atoms with van der Waals surface area (Å²) < 4.78 is 0.269. The van der Waals surface area contributed by atoms with Crippen LogP contribution in [0.4, 0.5) is 0 Å². The lowest BCUT2D eigenvalue weighted by atomic mass is 10.1. The second-order valence-corrected chi connectivity index (χ2v) is 6.13. The molecule has 15 heavy (non-hydrogen) atoms. The number of halogens is 1. The van der Waals surface area contributed by atoms with Gasteiger partial charge in [0.05, 0.1) is 0 Å². The van der Waals surface area contributed by atoms with Crippen molar-refractivity contribution in [2.24, 2.45) is 5.73 Å². The molecule has 1 aliphatic rings. The first-order valence-electron chi connectivity index (χ1n) is 5.39. The molecule has 1 fully saturated rings. The van der Waals surface area contributed by atoms with Crippen molar-refractivity contribution in [2.45, 2.75) is 35.3 Å². The maximum Gasteiger partial charge on any atom is 0.0417 e. The van der Waals surface area contributed by atoms with Crippen LogP contribution in [0.2, 0.25) is 5.02 Å². The van der Waals surface area contributed by atoms with Crippen molar-refractivity contribution in [1.82, 2.24) is 0 Å². The first-order valence-corrected chi connectivity index (χ1v) is 6.58. The van der Waals surface area contributed by atoms with Gasteiger partial charge >= 0.3 is 0 Å². The predicted molar refractivity (Wildman–Crippen MR) is 67.6 cm³/mol. The zero-order valence-electron chi connectivity index (χ0n) is 8.71. The summed E-state index contributed by atoms with van der Waals surface area (Å²) in [5, 5.41) is 0.810. The van der Waals surface area contributed by atoms with E-state index >= 15 is 0 Å². The topological polar surface area (TPSA) is 26.0 Å². The van der Waals surface area contributed by atoms with Gasteiger partial charge < -0.3 is 5.73 Å². The summed E-state index contributed by atoms with van der Waals surface area (Å²) in [6, 6.07) is 8.06. The fourth-order valence-electron chi connectivity index (χ4n) is 2.15. The molecule has 0 radical (unpaired) electrons. The largest absolute Gasteiger partial charge is 0.329 e. The summed E-state index contributed by atoms with van der Waals surface area (Å²) in [7, 11) is 0. The highest BCUT2D eigenvalue weighted by Gasteiger charge is 2.33.